The molecule has 4 aromatic carbocycles. The first kappa shape index (κ1) is 28.5. The Bertz CT molecular complexity index is 1810. The van der Waals surface area contributed by atoms with Gasteiger partial charge in [0.25, 0.3) is 15.9 Å². The summed E-state index contributed by atoms with van der Waals surface area (Å²) in [6, 6.07) is 27.7. The maximum Gasteiger partial charge on any atom is 0.280 e. The number of rotatable bonds is 9. The Kier molecular flexibility index (Phi) is 8.48. The molecule has 11 heteroatoms. The van der Waals surface area contributed by atoms with E-state index in [-0.39, 0.29) is 17.0 Å². The molecule has 8 nitrogen and oxygen atoms in total. The van der Waals surface area contributed by atoms with Crippen LogP contribution >= 0.6 is 27.3 Å². The number of carbonyl (C=O) groups is 1. The van der Waals surface area contributed by atoms with Crippen LogP contribution < -0.4 is 14.1 Å². The second-order valence-corrected chi connectivity index (χ2v) is 12.6. The second-order valence-electron chi connectivity index (χ2n) is 8.77. The van der Waals surface area contributed by atoms with Crippen molar-refractivity contribution in [3.05, 3.63) is 113 Å². The Labute approximate surface area is 250 Å². The van der Waals surface area contributed by atoms with E-state index in [0.717, 1.165) is 20.3 Å². The summed E-state index contributed by atoms with van der Waals surface area (Å²) >= 11 is 4.80. The fourth-order valence-corrected chi connectivity index (χ4v) is 7.03. The van der Waals surface area contributed by atoms with E-state index in [1.165, 1.54) is 44.9 Å². The average molecular weight is 650 g/mol. The molecule has 0 bridgehead atoms. The number of nitrogens with zero attached hydrogens (tertiary/aromatic N) is 4. The van der Waals surface area contributed by atoms with Crippen LogP contribution in [0.5, 0.6) is 5.75 Å². The molecule has 1 heterocycles. The number of benzene rings is 4. The maximum atomic E-state index is 13.8. The third kappa shape index (κ3) is 6.17. The molecule has 208 valence electrons. The van der Waals surface area contributed by atoms with Crippen molar-refractivity contribution in [3.8, 4) is 5.75 Å². The smallest absolute Gasteiger partial charge is 0.280 e. The summed E-state index contributed by atoms with van der Waals surface area (Å²) in [6.45, 7) is 2.03. The molecule has 0 saturated carbocycles. The normalized spacial score (nSPS) is 11.6. The van der Waals surface area contributed by atoms with Crippen molar-refractivity contribution in [1.29, 1.82) is 0 Å². The zero-order chi connectivity index (χ0) is 29.0. The number of aromatic nitrogens is 1. The molecule has 1 aromatic heterocycles. The van der Waals surface area contributed by atoms with Crippen LogP contribution in [0.4, 0.5) is 10.8 Å². The first-order chi connectivity index (χ1) is 19.8. The summed E-state index contributed by atoms with van der Waals surface area (Å²) in [4.78, 5) is 18.5. The van der Waals surface area contributed by atoms with Crippen molar-refractivity contribution in [1.82, 2.24) is 4.98 Å². The third-order valence-corrected chi connectivity index (χ3v) is 9.58. The lowest BCUT2D eigenvalue weighted by Gasteiger charge is -2.23. The third-order valence-electron chi connectivity index (χ3n) is 6.17. The fourth-order valence-electron chi connectivity index (χ4n) is 4.08. The number of methoxy groups -OCH3 is 1. The molecule has 5 rings (SSSR count). The summed E-state index contributed by atoms with van der Waals surface area (Å²) < 4.78 is 35.2. The number of sulfonamides is 1. The van der Waals surface area contributed by atoms with E-state index in [4.69, 9.17) is 4.74 Å². The molecule has 0 atom stereocenters. The number of para-hydroxylation sites is 1. The number of halogens is 1. The molecule has 0 aliphatic rings. The van der Waals surface area contributed by atoms with E-state index in [1.807, 2.05) is 36.4 Å². The molecule has 0 N–H and O–H groups in total. The summed E-state index contributed by atoms with van der Waals surface area (Å²) in [5.74, 6) is 0.253. The number of anilines is 2. The Morgan fingerprint density at radius 1 is 1.00 bits per heavy atom. The molecule has 0 saturated heterocycles. The molecule has 0 aliphatic carbocycles. The lowest BCUT2D eigenvalue weighted by molar-refractivity contribution is 0.0987. The summed E-state index contributed by atoms with van der Waals surface area (Å²) in [6.07, 6.45) is 1.57. The number of hydrazone groups is 1. The summed E-state index contributed by atoms with van der Waals surface area (Å²) in [5, 5.41) is 6.10. The van der Waals surface area contributed by atoms with Crippen molar-refractivity contribution in [2.45, 2.75) is 11.8 Å². The molecule has 0 radical (unpaired) electrons. The van der Waals surface area contributed by atoms with E-state index in [9.17, 15) is 13.2 Å². The van der Waals surface area contributed by atoms with Crippen LogP contribution in [0.3, 0.4) is 0 Å². The van der Waals surface area contributed by atoms with E-state index >= 15 is 0 Å². The zero-order valence-electron chi connectivity index (χ0n) is 22.1. The largest absolute Gasteiger partial charge is 0.497 e. The van der Waals surface area contributed by atoms with Gasteiger partial charge in [0.2, 0.25) is 5.13 Å². The lowest BCUT2D eigenvalue weighted by Crippen LogP contribution is -2.31. The molecule has 0 fully saturated rings. The minimum absolute atomic E-state index is 0.0814. The Morgan fingerprint density at radius 2 is 1.71 bits per heavy atom. The van der Waals surface area contributed by atoms with Gasteiger partial charge in [-0.25, -0.2) is 13.4 Å². The van der Waals surface area contributed by atoms with Gasteiger partial charge in [0.1, 0.15) is 5.75 Å². The van der Waals surface area contributed by atoms with Crippen LogP contribution in [-0.4, -0.2) is 39.2 Å². The number of thiazole rings is 1. The van der Waals surface area contributed by atoms with Gasteiger partial charge in [-0.05, 0) is 91.3 Å². The van der Waals surface area contributed by atoms with Gasteiger partial charge in [-0.15, -0.1) is 0 Å². The first-order valence-electron chi connectivity index (χ1n) is 12.6. The quantitative estimate of drug-likeness (QED) is 0.127. The van der Waals surface area contributed by atoms with Gasteiger partial charge in [-0.3, -0.25) is 9.10 Å². The van der Waals surface area contributed by atoms with E-state index < -0.39 is 15.9 Å². The molecule has 1 amide bonds. The van der Waals surface area contributed by atoms with E-state index in [2.05, 4.69) is 26.0 Å². The predicted molar refractivity (Wildman–Crippen MR) is 168 cm³/mol. The highest BCUT2D eigenvalue weighted by molar-refractivity contribution is 9.10. The maximum absolute atomic E-state index is 13.8. The van der Waals surface area contributed by atoms with Crippen molar-refractivity contribution < 1.29 is 17.9 Å². The van der Waals surface area contributed by atoms with Gasteiger partial charge in [0, 0.05) is 16.6 Å². The highest BCUT2D eigenvalue weighted by Gasteiger charge is 2.25. The predicted octanol–water partition coefficient (Wildman–Crippen LogP) is 6.96. The van der Waals surface area contributed by atoms with Crippen LogP contribution in [0.1, 0.15) is 22.8 Å². The zero-order valence-corrected chi connectivity index (χ0v) is 25.4. The molecular weight excluding hydrogens is 624 g/mol. The second kappa shape index (κ2) is 12.2. The number of ether oxygens (including phenoxy) is 1. The number of carbonyl (C=O) groups excluding carboxylic acids is 1. The van der Waals surface area contributed by atoms with Gasteiger partial charge in [-0.2, -0.15) is 10.1 Å². The molecule has 0 spiro atoms. The van der Waals surface area contributed by atoms with Crippen molar-refractivity contribution in [2.24, 2.45) is 5.10 Å². The molecular formula is C30H25BrN4O4S2. The number of hydrogen-bond donors (Lipinski definition) is 0. The van der Waals surface area contributed by atoms with Gasteiger partial charge in [0.15, 0.2) is 0 Å². The van der Waals surface area contributed by atoms with Crippen LogP contribution in [0.25, 0.3) is 10.2 Å². The van der Waals surface area contributed by atoms with Crippen LogP contribution in [0, 0.1) is 0 Å². The van der Waals surface area contributed by atoms with Gasteiger partial charge in [0.05, 0.1) is 34.1 Å². The van der Waals surface area contributed by atoms with Crippen LogP contribution in [0.15, 0.2) is 112 Å². The molecule has 5 aromatic rings. The van der Waals surface area contributed by atoms with Crippen LogP contribution in [-0.2, 0) is 10.0 Å². The summed E-state index contributed by atoms with van der Waals surface area (Å²) in [7, 11) is -2.25. The van der Waals surface area contributed by atoms with Gasteiger partial charge in [-0.1, -0.05) is 45.5 Å². The minimum Gasteiger partial charge on any atom is -0.497 e. The molecule has 41 heavy (non-hydrogen) atoms. The Hall–Kier alpha value is -4.06. The topological polar surface area (TPSA) is 92.2 Å². The van der Waals surface area contributed by atoms with Gasteiger partial charge >= 0.3 is 0 Å². The average Bonchev–Trinajstić information content (AvgIpc) is 3.41. The SMILES string of the molecule is CCN(c1ccccc1)S(=O)(=O)c1ccc(C(=O)N(/N=C/c2ccc(OC)cc2)c2nc3ccc(Br)cc3s2)cc1. The fraction of sp³-hybridized carbons (Fsp3) is 0.100. The Morgan fingerprint density at radius 3 is 2.37 bits per heavy atom. The number of hydrogen-bond acceptors (Lipinski definition) is 7. The van der Waals surface area contributed by atoms with Crippen LogP contribution in [0.2, 0.25) is 0 Å². The Balaban J connectivity index is 1.48. The first-order valence-corrected chi connectivity index (χ1v) is 15.6. The van der Waals surface area contributed by atoms with Crippen molar-refractivity contribution >= 4 is 70.4 Å². The number of fused-ring (bicyclic) bond motifs is 1. The number of amides is 1. The monoisotopic (exact) mass is 648 g/mol. The van der Waals surface area contributed by atoms with Crippen molar-refractivity contribution in [2.75, 3.05) is 23.0 Å². The lowest BCUT2D eigenvalue weighted by atomic mass is 10.2. The van der Waals surface area contributed by atoms with Crippen molar-refractivity contribution in [3.63, 3.8) is 0 Å². The molecule has 0 unspecified atom stereocenters. The summed E-state index contributed by atoms with van der Waals surface area (Å²) in [5.41, 5.74) is 2.32. The highest BCUT2D eigenvalue weighted by Crippen LogP contribution is 2.32. The van der Waals surface area contributed by atoms with Gasteiger partial charge < -0.3 is 4.74 Å². The standard InChI is InChI=1S/C30H25BrN4O4S2/c1-3-34(24-7-5-4-6-8-24)41(37,38)26-16-11-22(12-17-26)29(36)35(32-20-21-9-14-25(39-2)15-10-21)30-33-27-18-13-23(31)19-28(27)40-30/h4-20H,3H2,1-2H3/b32-20+. The highest BCUT2D eigenvalue weighted by atomic mass is 79.9. The van der Waals surface area contributed by atoms with E-state index in [1.54, 1.807) is 56.6 Å². The molecule has 0 aliphatic heterocycles. The van der Waals surface area contributed by atoms with E-state index in [0.29, 0.717) is 16.6 Å². The minimum atomic E-state index is -3.84.